The van der Waals surface area contributed by atoms with Crippen LogP contribution in [0.1, 0.15) is 55.3 Å². The molecule has 4 rings (SSSR count). The molecule has 27 heavy (non-hydrogen) atoms. The number of rotatable bonds is 5. The van der Waals surface area contributed by atoms with Crippen LogP contribution in [0.5, 0.6) is 0 Å². The van der Waals surface area contributed by atoms with Crippen molar-refractivity contribution in [2.45, 2.75) is 63.1 Å². The Balaban J connectivity index is 1.50. The number of Topliss-reactive ketones (excluding diaryl/α,β-unsaturated/α-hetero) is 1. The second kappa shape index (κ2) is 7.84. The van der Waals surface area contributed by atoms with Gasteiger partial charge in [0.2, 0.25) is 5.91 Å². The number of furan rings is 1. The van der Waals surface area contributed by atoms with E-state index in [1.807, 2.05) is 0 Å². The lowest BCUT2D eigenvalue weighted by atomic mass is 9.84. The van der Waals surface area contributed by atoms with E-state index in [-0.39, 0.29) is 30.3 Å². The molecule has 3 atom stereocenters. The number of ether oxygens (including phenoxy) is 1. The highest BCUT2D eigenvalue weighted by molar-refractivity contribution is 5.99. The summed E-state index contributed by atoms with van der Waals surface area (Å²) in [6.45, 7) is 0.580. The van der Waals surface area contributed by atoms with Gasteiger partial charge >= 0.3 is 0 Å². The Labute approximate surface area is 158 Å². The minimum absolute atomic E-state index is 0.0385. The number of hydrogen-bond donors (Lipinski definition) is 1. The quantitative estimate of drug-likeness (QED) is 0.851. The molecule has 0 spiro atoms. The van der Waals surface area contributed by atoms with Crippen molar-refractivity contribution >= 4 is 17.6 Å². The number of likely N-dealkylation sites (tertiary alicyclic amines) is 1. The van der Waals surface area contributed by atoms with E-state index in [0.717, 1.165) is 12.8 Å². The highest BCUT2D eigenvalue weighted by Gasteiger charge is 2.48. The summed E-state index contributed by atoms with van der Waals surface area (Å²) >= 11 is 0. The van der Waals surface area contributed by atoms with E-state index in [0.29, 0.717) is 30.9 Å². The van der Waals surface area contributed by atoms with Gasteiger partial charge in [-0.25, -0.2) is 0 Å². The van der Waals surface area contributed by atoms with Crippen LogP contribution in [-0.2, 0) is 14.3 Å². The summed E-state index contributed by atoms with van der Waals surface area (Å²) in [6.07, 6.45) is 9.64. The summed E-state index contributed by atoms with van der Waals surface area (Å²) in [6, 6.07) is 0.470. The second-order valence-electron chi connectivity index (χ2n) is 7.86. The summed E-state index contributed by atoms with van der Waals surface area (Å²) < 4.78 is 10.5. The van der Waals surface area contributed by atoms with Crippen molar-refractivity contribution in [2.24, 2.45) is 5.92 Å². The zero-order valence-corrected chi connectivity index (χ0v) is 15.4. The van der Waals surface area contributed by atoms with Crippen LogP contribution in [-0.4, -0.2) is 53.8 Å². The van der Waals surface area contributed by atoms with Gasteiger partial charge in [-0.1, -0.05) is 32.1 Å². The van der Waals surface area contributed by atoms with Crippen LogP contribution in [0.4, 0.5) is 0 Å². The Morgan fingerprint density at radius 3 is 2.78 bits per heavy atom. The number of hydrogen-bond acceptors (Lipinski definition) is 5. The van der Waals surface area contributed by atoms with E-state index >= 15 is 0 Å². The molecule has 7 nitrogen and oxygen atoms in total. The van der Waals surface area contributed by atoms with E-state index in [4.69, 9.17) is 9.15 Å². The molecule has 1 N–H and O–H groups in total. The van der Waals surface area contributed by atoms with E-state index in [1.54, 1.807) is 11.0 Å². The Morgan fingerprint density at radius 1 is 1.22 bits per heavy atom. The molecule has 0 unspecified atom stereocenters. The maximum atomic E-state index is 13.3. The molecule has 0 bridgehead atoms. The van der Waals surface area contributed by atoms with Crippen molar-refractivity contribution in [1.82, 2.24) is 10.2 Å². The lowest BCUT2D eigenvalue weighted by molar-refractivity contribution is -0.138. The summed E-state index contributed by atoms with van der Waals surface area (Å²) in [7, 11) is 0. The first-order valence-corrected chi connectivity index (χ1v) is 9.91. The van der Waals surface area contributed by atoms with Crippen LogP contribution in [0.15, 0.2) is 23.0 Å². The third kappa shape index (κ3) is 3.78. The SMILES string of the molecule is O=C(N[C@@H](CC1CCCCC1)C(=O)N1CC[C@H]2OCC(=O)[C@H]21)c1ccoc1. The van der Waals surface area contributed by atoms with Crippen molar-refractivity contribution in [1.29, 1.82) is 0 Å². The molecule has 3 aliphatic rings. The third-order valence-electron chi connectivity index (χ3n) is 6.08. The van der Waals surface area contributed by atoms with Gasteiger partial charge in [0, 0.05) is 6.54 Å². The first-order chi connectivity index (χ1) is 13.1. The molecule has 1 saturated carbocycles. The van der Waals surface area contributed by atoms with Gasteiger partial charge < -0.3 is 19.4 Å². The molecular formula is C20H26N2O5. The lowest BCUT2D eigenvalue weighted by Crippen LogP contribution is -2.52. The van der Waals surface area contributed by atoms with E-state index in [2.05, 4.69) is 5.32 Å². The molecule has 2 saturated heterocycles. The Kier molecular flexibility index (Phi) is 5.29. The molecule has 1 aromatic heterocycles. The van der Waals surface area contributed by atoms with Crippen LogP contribution in [0.2, 0.25) is 0 Å². The van der Waals surface area contributed by atoms with Gasteiger partial charge in [-0.2, -0.15) is 0 Å². The van der Waals surface area contributed by atoms with Gasteiger partial charge in [0.1, 0.15) is 25.0 Å². The Bertz CT molecular complexity index is 695. The summed E-state index contributed by atoms with van der Waals surface area (Å²) in [5.74, 6) is -0.0962. The first-order valence-electron chi connectivity index (χ1n) is 9.91. The smallest absolute Gasteiger partial charge is 0.255 e. The topological polar surface area (TPSA) is 88.9 Å². The van der Waals surface area contributed by atoms with E-state index in [1.165, 1.54) is 31.8 Å². The first kappa shape index (κ1) is 18.2. The van der Waals surface area contributed by atoms with Gasteiger partial charge in [-0.15, -0.1) is 0 Å². The molecule has 3 fully saturated rings. The monoisotopic (exact) mass is 374 g/mol. The molecule has 2 aliphatic heterocycles. The van der Waals surface area contributed by atoms with Gasteiger partial charge in [0.15, 0.2) is 5.78 Å². The molecular weight excluding hydrogens is 348 g/mol. The van der Waals surface area contributed by atoms with Gasteiger partial charge in [0.05, 0.1) is 17.9 Å². The number of nitrogens with zero attached hydrogens (tertiary/aromatic N) is 1. The molecule has 1 aliphatic carbocycles. The predicted molar refractivity (Wildman–Crippen MR) is 96.0 cm³/mol. The van der Waals surface area contributed by atoms with Crippen LogP contribution in [0, 0.1) is 5.92 Å². The second-order valence-corrected chi connectivity index (χ2v) is 7.86. The normalized spacial score (nSPS) is 26.8. The number of nitrogens with one attached hydrogen (secondary N) is 1. The minimum atomic E-state index is -0.623. The van der Waals surface area contributed by atoms with Crippen molar-refractivity contribution in [3.63, 3.8) is 0 Å². The third-order valence-corrected chi connectivity index (χ3v) is 6.08. The van der Waals surface area contributed by atoms with Gasteiger partial charge in [-0.3, -0.25) is 14.4 Å². The maximum absolute atomic E-state index is 13.3. The summed E-state index contributed by atoms with van der Waals surface area (Å²) in [4.78, 5) is 39.6. The molecule has 2 amide bonds. The predicted octanol–water partition coefficient (Wildman–Crippen LogP) is 1.92. The number of ketones is 1. The number of carbonyl (C=O) groups excluding carboxylic acids is 3. The minimum Gasteiger partial charge on any atom is -0.472 e. The molecule has 0 aromatic carbocycles. The largest absolute Gasteiger partial charge is 0.472 e. The fourth-order valence-electron chi connectivity index (χ4n) is 4.65. The average Bonchev–Trinajstić information content (AvgIpc) is 3.41. The highest BCUT2D eigenvalue weighted by Crippen LogP contribution is 2.31. The molecule has 7 heteroatoms. The molecule has 1 aromatic rings. The lowest BCUT2D eigenvalue weighted by Gasteiger charge is -2.31. The average molecular weight is 374 g/mol. The number of carbonyl (C=O) groups is 3. The Morgan fingerprint density at radius 2 is 2.04 bits per heavy atom. The highest BCUT2D eigenvalue weighted by atomic mass is 16.5. The molecule has 146 valence electrons. The van der Waals surface area contributed by atoms with Crippen LogP contribution >= 0.6 is 0 Å². The van der Waals surface area contributed by atoms with E-state index < -0.39 is 12.1 Å². The number of amides is 2. The van der Waals surface area contributed by atoms with Crippen LogP contribution in [0.25, 0.3) is 0 Å². The zero-order chi connectivity index (χ0) is 18.8. The summed E-state index contributed by atoms with van der Waals surface area (Å²) in [5.41, 5.74) is 0.399. The van der Waals surface area contributed by atoms with Gasteiger partial charge in [0.25, 0.3) is 5.91 Å². The fraction of sp³-hybridized carbons (Fsp3) is 0.650. The van der Waals surface area contributed by atoms with Crippen LogP contribution < -0.4 is 5.32 Å². The van der Waals surface area contributed by atoms with Crippen molar-refractivity contribution < 1.29 is 23.5 Å². The Hall–Kier alpha value is -2.15. The zero-order valence-electron chi connectivity index (χ0n) is 15.4. The molecule has 0 radical (unpaired) electrons. The molecule has 3 heterocycles. The van der Waals surface area contributed by atoms with E-state index in [9.17, 15) is 14.4 Å². The maximum Gasteiger partial charge on any atom is 0.255 e. The van der Waals surface area contributed by atoms with Crippen LogP contribution in [0.3, 0.4) is 0 Å². The van der Waals surface area contributed by atoms with Crippen molar-refractivity contribution in [2.75, 3.05) is 13.2 Å². The standard InChI is InChI=1S/C20H26N2O5/c23-16-12-27-17-6-8-22(18(16)17)20(25)15(10-13-4-2-1-3-5-13)21-19(24)14-7-9-26-11-14/h7,9,11,13,15,17-18H,1-6,8,10,12H2,(H,21,24)/t15-,17+,18+/m0/s1. The summed E-state index contributed by atoms with van der Waals surface area (Å²) in [5, 5.41) is 2.90. The van der Waals surface area contributed by atoms with Crippen molar-refractivity contribution in [3.8, 4) is 0 Å². The fourth-order valence-corrected chi connectivity index (χ4v) is 4.65. The van der Waals surface area contributed by atoms with Crippen molar-refractivity contribution in [3.05, 3.63) is 24.2 Å². The van der Waals surface area contributed by atoms with Gasteiger partial charge in [-0.05, 0) is 24.8 Å². The number of fused-ring (bicyclic) bond motifs is 1.